The molecule has 0 heterocycles. The molecule has 1 rings (SSSR count). The predicted molar refractivity (Wildman–Crippen MR) is 75.8 cm³/mol. The molecule has 0 spiro atoms. The van der Waals surface area contributed by atoms with Gasteiger partial charge in [-0.25, -0.2) is 0 Å². The fourth-order valence-electron chi connectivity index (χ4n) is 1.41. The molecule has 1 atom stereocenters. The zero-order chi connectivity index (χ0) is 12.0. The van der Waals surface area contributed by atoms with Gasteiger partial charge in [-0.1, -0.05) is 6.07 Å². The summed E-state index contributed by atoms with van der Waals surface area (Å²) in [5.41, 5.74) is 1.33. The minimum atomic E-state index is -0.359. The van der Waals surface area contributed by atoms with E-state index in [-0.39, 0.29) is 10.8 Å². The van der Waals surface area contributed by atoms with Gasteiger partial charge in [0.15, 0.2) is 0 Å². The van der Waals surface area contributed by atoms with E-state index in [1.54, 1.807) is 18.9 Å². The minimum Gasteiger partial charge on any atom is -0.322 e. The average Bonchev–Trinajstić information content (AvgIpc) is 2.35. The average molecular weight is 257 g/mol. The quantitative estimate of drug-likeness (QED) is 0.625. The molecule has 1 unspecified atom stereocenters. The third-order valence-electron chi connectivity index (χ3n) is 2.34. The van der Waals surface area contributed by atoms with E-state index in [0.29, 0.717) is 0 Å². The summed E-state index contributed by atoms with van der Waals surface area (Å²) in [6, 6.07) is 6.55. The van der Waals surface area contributed by atoms with Gasteiger partial charge in [0.05, 0.1) is 7.11 Å². The van der Waals surface area contributed by atoms with Crippen molar-refractivity contribution in [2.45, 2.75) is 16.2 Å². The van der Waals surface area contributed by atoms with Gasteiger partial charge in [0.2, 0.25) is 0 Å². The van der Waals surface area contributed by atoms with Crippen molar-refractivity contribution in [3.8, 4) is 0 Å². The molecule has 0 aromatic heterocycles. The SMILES string of the molecule is C=S(OC)c1cc(CCNC)ccc1SC. The molecule has 0 fully saturated rings. The first-order valence-electron chi connectivity index (χ1n) is 5.13. The maximum absolute atomic E-state index is 5.33. The van der Waals surface area contributed by atoms with Gasteiger partial charge >= 0.3 is 0 Å². The minimum absolute atomic E-state index is 0.359. The number of likely N-dealkylation sites (N-methyl/N-ethyl adjacent to an activating group) is 1. The molecule has 4 heteroatoms. The van der Waals surface area contributed by atoms with Crippen LogP contribution in [0.4, 0.5) is 0 Å². The van der Waals surface area contributed by atoms with Gasteiger partial charge in [0.1, 0.15) is 0 Å². The lowest BCUT2D eigenvalue weighted by atomic mass is 10.1. The first-order chi connectivity index (χ1) is 7.72. The summed E-state index contributed by atoms with van der Waals surface area (Å²) in [4.78, 5) is 2.47. The Bertz CT molecular complexity index is 366. The van der Waals surface area contributed by atoms with Crippen LogP contribution in [0.1, 0.15) is 5.56 Å². The molecule has 0 radical (unpaired) electrons. The molecule has 0 saturated heterocycles. The van der Waals surface area contributed by atoms with E-state index in [1.165, 1.54) is 15.4 Å². The van der Waals surface area contributed by atoms with Crippen LogP contribution in [0.5, 0.6) is 0 Å². The van der Waals surface area contributed by atoms with E-state index in [0.717, 1.165) is 13.0 Å². The molecule has 0 amide bonds. The third-order valence-corrected chi connectivity index (χ3v) is 4.49. The maximum atomic E-state index is 5.33. The van der Waals surface area contributed by atoms with Crippen molar-refractivity contribution < 1.29 is 4.18 Å². The van der Waals surface area contributed by atoms with Crippen molar-refractivity contribution in [1.29, 1.82) is 0 Å². The van der Waals surface area contributed by atoms with Crippen LogP contribution in [0.15, 0.2) is 28.0 Å². The molecule has 2 nitrogen and oxygen atoms in total. The van der Waals surface area contributed by atoms with Crippen LogP contribution < -0.4 is 5.32 Å². The number of thioether (sulfide) groups is 1. The largest absolute Gasteiger partial charge is 0.322 e. The van der Waals surface area contributed by atoms with Crippen LogP contribution in [-0.4, -0.2) is 32.8 Å². The van der Waals surface area contributed by atoms with Crippen molar-refractivity contribution in [3.05, 3.63) is 23.8 Å². The van der Waals surface area contributed by atoms with Crippen LogP contribution in [0.25, 0.3) is 0 Å². The van der Waals surface area contributed by atoms with Crippen molar-refractivity contribution in [3.63, 3.8) is 0 Å². The first kappa shape index (κ1) is 13.8. The molecule has 1 aromatic carbocycles. The molecule has 0 aliphatic carbocycles. The number of hydrogen-bond donors (Lipinski definition) is 1. The van der Waals surface area contributed by atoms with Gasteiger partial charge in [-0.2, -0.15) is 0 Å². The highest BCUT2D eigenvalue weighted by molar-refractivity contribution is 8.10. The van der Waals surface area contributed by atoms with E-state index in [9.17, 15) is 0 Å². The summed E-state index contributed by atoms with van der Waals surface area (Å²) in [5, 5.41) is 3.16. The molecule has 0 aliphatic rings. The van der Waals surface area contributed by atoms with E-state index in [4.69, 9.17) is 4.18 Å². The standard InChI is InChI=1S/C12H19NOS2/c1-13-8-7-10-5-6-11(15-3)12(9-10)16(4)14-2/h5-6,9,13H,4,7-8H2,1-3H3. The van der Waals surface area contributed by atoms with Gasteiger partial charge in [0, 0.05) is 9.79 Å². The maximum Gasteiger partial charge on any atom is 0.0500 e. The molecule has 16 heavy (non-hydrogen) atoms. The van der Waals surface area contributed by atoms with Gasteiger partial charge < -0.3 is 9.50 Å². The zero-order valence-electron chi connectivity index (χ0n) is 10.1. The van der Waals surface area contributed by atoms with Gasteiger partial charge in [-0.3, -0.25) is 0 Å². The van der Waals surface area contributed by atoms with Gasteiger partial charge in [-0.05, 0) is 60.6 Å². The zero-order valence-corrected chi connectivity index (χ0v) is 11.7. The highest BCUT2D eigenvalue weighted by Gasteiger charge is 2.05. The van der Waals surface area contributed by atoms with Crippen LogP contribution in [-0.2, 0) is 10.6 Å². The summed E-state index contributed by atoms with van der Waals surface area (Å²) in [6.07, 6.45) is 3.12. The van der Waals surface area contributed by atoms with Crippen molar-refractivity contribution >= 4 is 28.4 Å². The van der Waals surface area contributed by atoms with E-state index < -0.39 is 0 Å². The topological polar surface area (TPSA) is 21.3 Å². The molecule has 0 aliphatic heterocycles. The summed E-state index contributed by atoms with van der Waals surface area (Å²) < 4.78 is 5.33. The van der Waals surface area contributed by atoms with Crippen molar-refractivity contribution in [1.82, 2.24) is 5.32 Å². The normalized spacial score (nSPS) is 12.7. The van der Waals surface area contributed by atoms with E-state index in [1.807, 2.05) is 7.05 Å². The Balaban J connectivity index is 2.96. The second kappa shape index (κ2) is 7.12. The summed E-state index contributed by atoms with van der Waals surface area (Å²) >= 11 is 1.74. The Labute approximate surface area is 105 Å². The Kier molecular flexibility index (Phi) is 6.13. The molecule has 0 bridgehead atoms. The molecular weight excluding hydrogens is 238 g/mol. The van der Waals surface area contributed by atoms with E-state index >= 15 is 0 Å². The lowest BCUT2D eigenvalue weighted by molar-refractivity contribution is 0.486. The fraction of sp³-hybridized carbons (Fsp3) is 0.417. The van der Waals surface area contributed by atoms with Gasteiger partial charge in [0.25, 0.3) is 0 Å². The molecule has 90 valence electrons. The van der Waals surface area contributed by atoms with Crippen LogP contribution in [0, 0.1) is 0 Å². The molecule has 1 N–H and O–H groups in total. The van der Waals surface area contributed by atoms with E-state index in [2.05, 4.69) is 35.6 Å². The second-order valence-electron chi connectivity index (χ2n) is 3.35. The summed E-state index contributed by atoms with van der Waals surface area (Å²) in [6.45, 7) is 0.996. The Morgan fingerprint density at radius 3 is 2.81 bits per heavy atom. The van der Waals surface area contributed by atoms with Crippen LogP contribution in [0.3, 0.4) is 0 Å². The number of nitrogens with one attached hydrogen (secondary N) is 1. The molecule has 1 aromatic rings. The van der Waals surface area contributed by atoms with Crippen molar-refractivity contribution in [2.24, 2.45) is 0 Å². The predicted octanol–water partition coefficient (Wildman–Crippen LogP) is 2.79. The Morgan fingerprint density at radius 1 is 1.50 bits per heavy atom. The summed E-state index contributed by atoms with van der Waals surface area (Å²) in [5.74, 6) is 4.03. The second-order valence-corrected chi connectivity index (χ2v) is 5.66. The van der Waals surface area contributed by atoms with Crippen molar-refractivity contribution in [2.75, 3.05) is 27.0 Å². The molecule has 0 saturated carbocycles. The first-order valence-corrected chi connectivity index (χ1v) is 7.67. The number of benzene rings is 1. The monoisotopic (exact) mass is 257 g/mol. The third kappa shape index (κ3) is 3.63. The number of hydrogen-bond acceptors (Lipinski definition) is 3. The van der Waals surface area contributed by atoms with Crippen LogP contribution in [0.2, 0.25) is 0 Å². The van der Waals surface area contributed by atoms with Gasteiger partial charge in [-0.15, -0.1) is 11.8 Å². The summed E-state index contributed by atoms with van der Waals surface area (Å²) in [7, 11) is 3.32. The fourth-order valence-corrected chi connectivity index (χ4v) is 3.16. The Hall–Kier alpha value is -0.290. The highest BCUT2D eigenvalue weighted by atomic mass is 32.2. The highest BCUT2D eigenvalue weighted by Crippen LogP contribution is 2.34. The number of rotatable bonds is 6. The lowest BCUT2D eigenvalue weighted by Crippen LogP contribution is -2.10. The Morgan fingerprint density at radius 2 is 2.25 bits per heavy atom. The molecular formula is C12H19NOS2. The smallest absolute Gasteiger partial charge is 0.0500 e. The lowest BCUT2D eigenvalue weighted by Gasteiger charge is -2.11. The van der Waals surface area contributed by atoms with Crippen LogP contribution >= 0.6 is 22.5 Å².